The number of piperidine rings is 1. The Labute approximate surface area is 222 Å². The first-order valence-corrected chi connectivity index (χ1v) is 13.0. The van der Waals surface area contributed by atoms with Crippen LogP contribution in [0.15, 0.2) is 88.1 Å². The predicted molar refractivity (Wildman–Crippen MR) is 150 cm³/mol. The van der Waals surface area contributed by atoms with Crippen LogP contribution in [0.1, 0.15) is 29.5 Å². The van der Waals surface area contributed by atoms with Crippen molar-refractivity contribution in [3.63, 3.8) is 0 Å². The molecule has 4 aromatic rings. The normalized spacial score (nSPS) is 14.4. The Morgan fingerprint density at radius 2 is 1.58 bits per heavy atom. The molecule has 0 spiro atoms. The minimum absolute atomic E-state index is 0.108. The van der Waals surface area contributed by atoms with E-state index in [0.717, 1.165) is 53.8 Å². The number of amides is 2. The van der Waals surface area contributed by atoms with Gasteiger partial charge in [-0.1, -0.05) is 60.7 Å². The minimum Gasteiger partial charge on any atom is -0.490 e. The monoisotopic (exact) mass is 511 g/mol. The van der Waals surface area contributed by atoms with Gasteiger partial charge in [-0.15, -0.1) is 0 Å². The summed E-state index contributed by atoms with van der Waals surface area (Å²) in [6, 6.07) is 24.7. The molecule has 0 atom stereocenters. The van der Waals surface area contributed by atoms with E-state index in [-0.39, 0.29) is 17.8 Å². The molecule has 38 heavy (non-hydrogen) atoms. The SMILES string of the molecule is Cc1c(OC2CCN(C)CC2)ccc2cc(NC(=O)N(Cc3ccccc3)Cc3ccccc3)c(=O)oc12. The maximum atomic E-state index is 13.4. The number of fused-ring (bicyclic) bond motifs is 1. The van der Waals surface area contributed by atoms with E-state index >= 15 is 0 Å². The Bertz CT molecular complexity index is 1400. The van der Waals surface area contributed by atoms with Gasteiger partial charge in [-0.05, 0) is 56.1 Å². The number of hydrogen-bond acceptors (Lipinski definition) is 5. The van der Waals surface area contributed by atoms with Crippen LogP contribution in [0.3, 0.4) is 0 Å². The van der Waals surface area contributed by atoms with Gasteiger partial charge in [-0.25, -0.2) is 9.59 Å². The number of anilines is 1. The van der Waals surface area contributed by atoms with Gasteiger partial charge in [0.25, 0.3) is 0 Å². The van der Waals surface area contributed by atoms with Gasteiger partial charge in [0.2, 0.25) is 0 Å². The lowest BCUT2D eigenvalue weighted by Gasteiger charge is -2.29. The van der Waals surface area contributed by atoms with Crippen molar-refractivity contribution in [2.45, 2.75) is 39.0 Å². The zero-order valence-electron chi connectivity index (χ0n) is 21.9. The summed E-state index contributed by atoms with van der Waals surface area (Å²) in [5, 5.41) is 3.52. The average Bonchev–Trinajstić information content (AvgIpc) is 2.93. The largest absolute Gasteiger partial charge is 0.490 e. The molecule has 1 aliphatic rings. The summed E-state index contributed by atoms with van der Waals surface area (Å²) in [5.41, 5.74) is 2.77. The number of ether oxygens (including phenoxy) is 1. The molecule has 7 nitrogen and oxygen atoms in total. The predicted octanol–water partition coefficient (Wildman–Crippen LogP) is 5.81. The second kappa shape index (κ2) is 11.5. The molecule has 7 heteroatoms. The van der Waals surface area contributed by atoms with Gasteiger partial charge in [0.05, 0.1) is 0 Å². The summed E-state index contributed by atoms with van der Waals surface area (Å²) in [5.74, 6) is 0.726. The smallest absolute Gasteiger partial charge is 0.360 e. The number of urea groups is 1. The molecule has 5 rings (SSSR count). The number of hydrogen-bond donors (Lipinski definition) is 1. The Morgan fingerprint density at radius 3 is 2.18 bits per heavy atom. The van der Waals surface area contributed by atoms with E-state index in [0.29, 0.717) is 18.7 Å². The van der Waals surface area contributed by atoms with E-state index in [2.05, 4.69) is 17.3 Å². The Kier molecular flexibility index (Phi) is 7.75. The van der Waals surface area contributed by atoms with E-state index < -0.39 is 5.63 Å². The highest BCUT2D eigenvalue weighted by Gasteiger charge is 2.21. The van der Waals surface area contributed by atoms with Gasteiger partial charge in [0.15, 0.2) is 0 Å². The first-order valence-electron chi connectivity index (χ1n) is 13.0. The lowest BCUT2D eigenvalue weighted by atomic mass is 10.1. The third kappa shape index (κ3) is 6.06. The van der Waals surface area contributed by atoms with Gasteiger partial charge in [-0.3, -0.25) is 0 Å². The topological polar surface area (TPSA) is 75.0 Å². The first kappa shape index (κ1) is 25.5. The molecule has 3 aromatic carbocycles. The Morgan fingerprint density at radius 1 is 0.974 bits per heavy atom. The Hall–Kier alpha value is -4.10. The summed E-state index contributed by atoms with van der Waals surface area (Å²) >= 11 is 0. The highest BCUT2D eigenvalue weighted by atomic mass is 16.5. The molecular weight excluding hydrogens is 478 g/mol. The summed E-state index contributed by atoms with van der Waals surface area (Å²) in [6.45, 7) is 4.70. The molecule has 1 N–H and O–H groups in total. The molecule has 1 aromatic heterocycles. The van der Waals surface area contributed by atoms with Crippen LogP contribution in [-0.2, 0) is 13.1 Å². The molecule has 2 heterocycles. The summed E-state index contributed by atoms with van der Waals surface area (Å²) in [7, 11) is 2.12. The summed E-state index contributed by atoms with van der Waals surface area (Å²) in [6.07, 6.45) is 2.07. The molecule has 2 amide bonds. The van der Waals surface area contributed by atoms with Crippen LogP contribution < -0.4 is 15.7 Å². The van der Waals surface area contributed by atoms with Gasteiger partial charge >= 0.3 is 11.7 Å². The van der Waals surface area contributed by atoms with Crippen LogP contribution in [-0.4, -0.2) is 42.1 Å². The van der Waals surface area contributed by atoms with Gasteiger partial charge < -0.3 is 24.3 Å². The number of rotatable bonds is 7. The highest BCUT2D eigenvalue weighted by Crippen LogP contribution is 2.30. The second-order valence-corrected chi connectivity index (χ2v) is 9.93. The number of nitrogens with one attached hydrogen (secondary N) is 1. The van der Waals surface area contributed by atoms with Crippen molar-refractivity contribution in [3.05, 3.63) is 106 Å². The zero-order chi connectivity index (χ0) is 26.5. The maximum absolute atomic E-state index is 13.4. The number of likely N-dealkylation sites (tertiary alicyclic amines) is 1. The second-order valence-electron chi connectivity index (χ2n) is 9.93. The lowest BCUT2D eigenvalue weighted by molar-refractivity contribution is 0.113. The number of nitrogens with zero attached hydrogens (tertiary/aromatic N) is 2. The molecule has 1 saturated heterocycles. The minimum atomic E-state index is -0.593. The van der Waals surface area contributed by atoms with Crippen molar-refractivity contribution < 1.29 is 13.9 Å². The van der Waals surface area contributed by atoms with E-state index in [1.165, 1.54) is 0 Å². The maximum Gasteiger partial charge on any atom is 0.360 e. The number of aryl methyl sites for hydroxylation is 1. The Balaban J connectivity index is 1.36. The standard InChI is InChI=1S/C31H33N3O4/c1-22-28(37-26-15-17-33(2)18-16-26)14-13-25-19-27(30(35)38-29(22)25)32-31(36)34(20-23-9-5-3-6-10-23)21-24-11-7-4-8-12-24/h3-14,19,26H,15-18,20-21H2,1-2H3,(H,32,36). The molecule has 0 aliphatic carbocycles. The molecule has 0 unspecified atom stereocenters. The molecular formula is C31H33N3O4. The van der Waals surface area contributed by atoms with Gasteiger partial charge in [0, 0.05) is 37.1 Å². The fourth-order valence-corrected chi connectivity index (χ4v) is 4.80. The quantitative estimate of drug-likeness (QED) is 0.317. The fourth-order valence-electron chi connectivity index (χ4n) is 4.80. The van der Waals surface area contributed by atoms with E-state index in [4.69, 9.17) is 9.15 Å². The van der Waals surface area contributed by atoms with Crippen molar-refractivity contribution in [2.75, 3.05) is 25.5 Å². The molecule has 0 saturated carbocycles. The van der Waals surface area contributed by atoms with Crippen molar-refractivity contribution >= 4 is 22.7 Å². The summed E-state index contributed by atoms with van der Waals surface area (Å²) < 4.78 is 12.0. The highest BCUT2D eigenvalue weighted by molar-refractivity contribution is 5.92. The number of carbonyl (C=O) groups excluding carboxylic acids is 1. The van der Waals surface area contributed by atoms with Crippen LogP contribution in [0.25, 0.3) is 11.0 Å². The van der Waals surface area contributed by atoms with Crippen molar-refractivity contribution in [1.82, 2.24) is 9.80 Å². The average molecular weight is 512 g/mol. The zero-order valence-corrected chi connectivity index (χ0v) is 21.9. The molecule has 0 radical (unpaired) electrons. The van der Waals surface area contributed by atoms with Gasteiger partial charge in [-0.2, -0.15) is 0 Å². The lowest BCUT2D eigenvalue weighted by Crippen LogP contribution is -2.35. The third-order valence-electron chi connectivity index (χ3n) is 7.02. The van der Waals surface area contributed by atoms with Crippen LogP contribution in [0.4, 0.5) is 10.5 Å². The molecule has 196 valence electrons. The number of carbonyl (C=O) groups is 1. The van der Waals surface area contributed by atoms with Crippen molar-refractivity contribution in [3.8, 4) is 5.75 Å². The van der Waals surface area contributed by atoms with E-state index in [9.17, 15) is 9.59 Å². The molecule has 1 fully saturated rings. The summed E-state index contributed by atoms with van der Waals surface area (Å²) in [4.78, 5) is 30.3. The molecule has 1 aliphatic heterocycles. The van der Waals surface area contributed by atoms with Crippen LogP contribution in [0.2, 0.25) is 0 Å². The van der Waals surface area contributed by atoms with E-state index in [1.54, 1.807) is 11.0 Å². The van der Waals surface area contributed by atoms with Crippen molar-refractivity contribution in [1.29, 1.82) is 0 Å². The van der Waals surface area contributed by atoms with Crippen molar-refractivity contribution in [2.24, 2.45) is 0 Å². The van der Waals surface area contributed by atoms with Crippen LogP contribution in [0, 0.1) is 6.92 Å². The first-order chi connectivity index (χ1) is 18.5. The fraction of sp³-hybridized carbons (Fsp3) is 0.290. The van der Waals surface area contributed by atoms with Gasteiger partial charge in [0.1, 0.15) is 23.1 Å². The number of benzene rings is 3. The van der Waals surface area contributed by atoms with E-state index in [1.807, 2.05) is 79.7 Å². The third-order valence-corrected chi connectivity index (χ3v) is 7.02. The van der Waals surface area contributed by atoms with Crippen LogP contribution in [0.5, 0.6) is 5.75 Å². The molecule has 0 bridgehead atoms. The van der Waals surface area contributed by atoms with Crippen LogP contribution >= 0.6 is 0 Å².